The largest absolute Gasteiger partial charge is 0.469 e. The number of carbonyl (C=O) groups excluding carboxylic acids is 1. The van der Waals surface area contributed by atoms with E-state index in [2.05, 4.69) is 43.0 Å². The maximum Gasteiger partial charge on any atom is 0.310 e. The van der Waals surface area contributed by atoms with E-state index in [1.54, 1.807) is 0 Å². The molecule has 1 saturated heterocycles. The molecule has 0 N–H and O–H groups in total. The van der Waals surface area contributed by atoms with E-state index < -0.39 is 0 Å². The number of hydrogen-bond acceptors (Lipinski definition) is 3. The van der Waals surface area contributed by atoms with Crippen LogP contribution in [0.1, 0.15) is 18.1 Å². The minimum Gasteiger partial charge on any atom is -0.469 e. The van der Waals surface area contributed by atoms with Crippen LogP contribution in [-0.2, 0) is 16.1 Å². The molecule has 0 aromatic heterocycles. The molecule has 98 valence electrons. The summed E-state index contributed by atoms with van der Waals surface area (Å²) in [5, 5.41) is 0. The molecule has 3 nitrogen and oxygen atoms in total. The Morgan fingerprint density at radius 2 is 2.11 bits per heavy atom. The van der Waals surface area contributed by atoms with Crippen molar-refractivity contribution in [2.24, 2.45) is 11.8 Å². The Kier molecular flexibility index (Phi) is 4.02. The van der Waals surface area contributed by atoms with Crippen LogP contribution in [0.2, 0.25) is 0 Å². The van der Waals surface area contributed by atoms with E-state index in [0.29, 0.717) is 5.92 Å². The Bertz CT molecular complexity index is 430. The van der Waals surface area contributed by atoms with Crippen molar-refractivity contribution in [3.05, 3.63) is 35.4 Å². The van der Waals surface area contributed by atoms with Gasteiger partial charge in [0.25, 0.3) is 0 Å². The van der Waals surface area contributed by atoms with Crippen molar-refractivity contribution >= 4 is 5.97 Å². The van der Waals surface area contributed by atoms with Gasteiger partial charge in [0, 0.05) is 19.6 Å². The van der Waals surface area contributed by atoms with Gasteiger partial charge in [-0.2, -0.15) is 0 Å². The summed E-state index contributed by atoms with van der Waals surface area (Å²) in [6.45, 7) is 6.95. The molecule has 1 aliphatic heterocycles. The maximum absolute atomic E-state index is 11.6. The summed E-state index contributed by atoms with van der Waals surface area (Å²) < 4.78 is 4.86. The molecule has 0 saturated carbocycles. The highest BCUT2D eigenvalue weighted by molar-refractivity contribution is 5.73. The monoisotopic (exact) mass is 247 g/mol. The predicted octanol–water partition coefficient (Wildman–Crippen LogP) is 2.24. The molecule has 1 aromatic carbocycles. The van der Waals surface area contributed by atoms with E-state index in [4.69, 9.17) is 4.74 Å². The lowest BCUT2D eigenvalue weighted by molar-refractivity contribution is -0.146. The fourth-order valence-electron chi connectivity index (χ4n) is 2.68. The lowest BCUT2D eigenvalue weighted by atomic mass is 9.99. The molecule has 1 aromatic rings. The molecule has 1 fully saturated rings. The Morgan fingerprint density at radius 1 is 1.39 bits per heavy atom. The number of methoxy groups -OCH3 is 1. The molecule has 0 aliphatic carbocycles. The lowest BCUT2D eigenvalue weighted by Gasteiger charge is -2.16. The molecule has 0 spiro atoms. The van der Waals surface area contributed by atoms with Gasteiger partial charge in [0.05, 0.1) is 13.0 Å². The molecular weight excluding hydrogens is 226 g/mol. The predicted molar refractivity (Wildman–Crippen MR) is 71.1 cm³/mol. The number of ether oxygens (including phenoxy) is 1. The smallest absolute Gasteiger partial charge is 0.310 e. The Balaban J connectivity index is 2.01. The van der Waals surface area contributed by atoms with Crippen molar-refractivity contribution in [1.82, 2.24) is 4.90 Å². The molecule has 3 heteroatoms. The Labute approximate surface area is 109 Å². The Morgan fingerprint density at radius 3 is 2.78 bits per heavy atom. The zero-order valence-corrected chi connectivity index (χ0v) is 11.3. The van der Waals surface area contributed by atoms with Crippen LogP contribution in [0.25, 0.3) is 0 Å². The average molecular weight is 247 g/mol. The fourth-order valence-corrected chi connectivity index (χ4v) is 2.68. The van der Waals surface area contributed by atoms with Gasteiger partial charge in [-0.15, -0.1) is 0 Å². The average Bonchev–Trinajstić information content (AvgIpc) is 2.72. The highest BCUT2D eigenvalue weighted by Gasteiger charge is 2.35. The molecule has 2 atom stereocenters. The third kappa shape index (κ3) is 2.72. The first-order valence-electron chi connectivity index (χ1n) is 6.46. The van der Waals surface area contributed by atoms with Crippen LogP contribution in [0.15, 0.2) is 24.3 Å². The summed E-state index contributed by atoms with van der Waals surface area (Å²) in [5.74, 6) is 0.329. The molecular formula is C15H21NO2. The summed E-state index contributed by atoms with van der Waals surface area (Å²) in [4.78, 5) is 14.0. The number of benzene rings is 1. The molecule has 2 unspecified atom stereocenters. The van der Waals surface area contributed by atoms with E-state index in [0.717, 1.165) is 19.6 Å². The summed E-state index contributed by atoms with van der Waals surface area (Å²) in [6.07, 6.45) is 0. The van der Waals surface area contributed by atoms with Crippen LogP contribution in [-0.4, -0.2) is 31.1 Å². The van der Waals surface area contributed by atoms with Gasteiger partial charge in [0.15, 0.2) is 0 Å². The fraction of sp³-hybridized carbons (Fsp3) is 0.533. The molecule has 1 heterocycles. The quantitative estimate of drug-likeness (QED) is 0.767. The van der Waals surface area contributed by atoms with Crippen LogP contribution in [0, 0.1) is 18.8 Å². The van der Waals surface area contributed by atoms with E-state index in [1.807, 2.05) is 0 Å². The number of nitrogens with zero attached hydrogens (tertiary/aromatic N) is 1. The van der Waals surface area contributed by atoms with Crippen LogP contribution in [0.5, 0.6) is 0 Å². The van der Waals surface area contributed by atoms with E-state index >= 15 is 0 Å². The number of aryl methyl sites for hydroxylation is 1. The van der Waals surface area contributed by atoms with Crippen molar-refractivity contribution in [3.63, 3.8) is 0 Å². The normalized spacial score (nSPS) is 24.2. The molecule has 0 radical (unpaired) electrons. The van der Waals surface area contributed by atoms with Crippen molar-refractivity contribution in [2.75, 3.05) is 20.2 Å². The maximum atomic E-state index is 11.6. The van der Waals surface area contributed by atoms with Gasteiger partial charge in [0.2, 0.25) is 0 Å². The highest BCUT2D eigenvalue weighted by atomic mass is 16.5. The zero-order chi connectivity index (χ0) is 13.1. The van der Waals surface area contributed by atoms with Crippen molar-refractivity contribution in [3.8, 4) is 0 Å². The third-order valence-corrected chi connectivity index (χ3v) is 3.85. The first kappa shape index (κ1) is 13.1. The highest BCUT2D eigenvalue weighted by Crippen LogP contribution is 2.26. The number of hydrogen-bond donors (Lipinski definition) is 0. The van der Waals surface area contributed by atoms with Crippen molar-refractivity contribution in [2.45, 2.75) is 20.4 Å². The van der Waals surface area contributed by atoms with Gasteiger partial charge >= 0.3 is 5.97 Å². The second kappa shape index (κ2) is 5.53. The molecule has 1 aliphatic rings. The van der Waals surface area contributed by atoms with E-state index in [9.17, 15) is 4.79 Å². The second-order valence-electron chi connectivity index (χ2n) is 5.23. The van der Waals surface area contributed by atoms with E-state index in [1.165, 1.54) is 18.2 Å². The van der Waals surface area contributed by atoms with Crippen LogP contribution < -0.4 is 0 Å². The zero-order valence-electron chi connectivity index (χ0n) is 11.3. The molecule has 18 heavy (non-hydrogen) atoms. The van der Waals surface area contributed by atoms with Crippen LogP contribution in [0.3, 0.4) is 0 Å². The molecule has 0 bridgehead atoms. The van der Waals surface area contributed by atoms with Gasteiger partial charge in [-0.3, -0.25) is 9.69 Å². The van der Waals surface area contributed by atoms with E-state index in [-0.39, 0.29) is 11.9 Å². The first-order chi connectivity index (χ1) is 8.61. The van der Waals surface area contributed by atoms with Gasteiger partial charge in [0.1, 0.15) is 0 Å². The number of rotatable bonds is 3. The minimum absolute atomic E-state index is 0.0269. The summed E-state index contributed by atoms with van der Waals surface area (Å²) >= 11 is 0. The first-order valence-corrected chi connectivity index (χ1v) is 6.46. The lowest BCUT2D eigenvalue weighted by Crippen LogP contribution is -2.24. The number of carbonyl (C=O) groups is 1. The van der Waals surface area contributed by atoms with Gasteiger partial charge < -0.3 is 4.74 Å². The van der Waals surface area contributed by atoms with Crippen molar-refractivity contribution in [1.29, 1.82) is 0 Å². The van der Waals surface area contributed by atoms with Crippen LogP contribution >= 0.6 is 0 Å². The molecule has 0 amide bonds. The van der Waals surface area contributed by atoms with Gasteiger partial charge in [-0.25, -0.2) is 0 Å². The number of likely N-dealkylation sites (tertiary alicyclic amines) is 1. The summed E-state index contributed by atoms with van der Waals surface area (Å²) in [7, 11) is 1.47. The standard InChI is InChI=1S/C15H21NO2/c1-11-6-4-5-7-13(11)9-16-8-12(2)14(10-16)15(17)18-3/h4-7,12,14H,8-10H2,1-3H3. The van der Waals surface area contributed by atoms with Crippen LogP contribution in [0.4, 0.5) is 0 Å². The molecule has 2 rings (SSSR count). The summed E-state index contributed by atoms with van der Waals surface area (Å²) in [5.41, 5.74) is 2.65. The second-order valence-corrected chi connectivity index (χ2v) is 5.23. The minimum atomic E-state index is -0.0743. The third-order valence-electron chi connectivity index (χ3n) is 3.85. The SMILES string of the molecule is COC(=O)C1CN(Cc2ccccc2C)CC1C. The summed E-state index contributed by atoms with van der Waals surface area (Å²) in [6, 6.07) is 8.42. The number of esters is 1. The Hall–Kier alpha value is -1.35. The van der Waals surface area contributed by atoms with Crippen molar-refractivity contribution < 1.29 is 9.53 Å². The van der Waals surface area contributed by atoms with Gasteiger partial charge in [-0.1, -0.05) is 31.2 Å². The topological polar surface area (TPSA) is 29.5 Å². The van der Waals surface area contributed by atoms with Gasteiger partial charge in [-0.05, 0) is 24.0 Å².